The average Bonchev–Trinajstić information content (AvgIpc) is 2.30. The third kappa shape index (κ3) is 3.33. The number of nitrogens with zero attached hydrogens (tertiary/aromatic N) is 2. The van der Waals surface area contributed by atoms with Crippen LogP contribution in [0.5, 0.6) is 0 Å². The second kappa shape index (κ2) is 5.51. The molecule has 0 saturated heterocycles. The Labute approximate surface area is 96.4 Å². The number of hydrogen-bond donors (Lipinski definition) is 1. The van der Waals surface area contributed by atoms with Crippen molar-refractivity contribution in [2.45, 2.75) is 6.42 Å². The molecule has 0 fully saturated rings. The number of pyridine rings is 1. The maximum Gasteiger partial charge on any atom is 0.251 e. The van der Waals surface area contributed by atoms with E-state index in [4.69, 9.17) is 0 Å². The second-order valence-corrected chi connectivity index (χ2v) is 3.41. The fraction of sp³-hybridized carbons (Fsp3) is 0.400. The number of carbonyl (C=O) groups is 1. The van der Waals surface area contributed by atoms with E-state index < -0.39 is 17.6 Å². The van der Waals surface area contributed by atoms with Crippen LogP contribution in [0, 0.1) is 17.6 Å². The molecular formula is C10H12F3N3O. The molecule has 0 radical (unpaired) electrons. The van der Waals surface area contributed by atoms with Gasteiger partial charge in [0.2, 0.25) is 5.91 Å². The van der Waals surface area contributed by atoms with Gasteiger partial charge < -0.3 is 10.2 Å². The van der Waals surface area contributed by atoms with E-state index in [2.05, 4.69) is 10.3 Å². The molecule has 0 aliphatic rings. The van der Waals surface area contributed by atoms with Crippen LogP contribution in [0.3, 0.4) is 0 Å². The minimum absolute atomic E-state index is 0.104. The number of amides is 1. The zero-order valence-electron chi connectivity index (χ0n) is 9.43. The first-order chi connectivity index (χ1) is 7.95. The summed E-state index contributed by atoms with van der Waals surface area (Å²) in [7, 11) is 2.91. The molecule has 0 saturated carbocycles. The molecule has 0 aliphatic carbocycles. The lowest BCUT2D eigenvalue weighted by molar-refractivity contribution is -0.120. The van der Waals surface area contributed by atoms with Gasteiger partial charge in [0.15, 0.2) is 17.5 Å². The number of aromatic nitrogens is 1. The highest BCUT2D eigenvalue weighted by atomic mass is 19.2. The number of halogens is 3. The monoisotopic (exact) mass is 247 g/mol. The first kappa shape index (κ1) is 13.3. The Hall–Kier alpha value is -1.79. The average molecular weight is 247 g/mol. The van der Waals surface area contributed by atoms with E-state index in [0.29, 0.717) is 6.07 Å². The maximum absolute atomic E-state index is 13.3. The van der Waals surface area contributed by atoms with Gasteiger partial charge in [0, 0.05) is 33.1 Å². The second-order valence-electron chi connectivity index (χ2n) is 3.41. The van der Waals surface area contributed by atoms with E-state index in [9.17, 15) is 18.0 Å². The molecule has 0 unspecified atom stereocenters. The van der Waals surface area contributed by atoms with Crippen LogP contribution in [0.1, 0.15) is 6.42 Å². The van der Waals surface area contributed by atoms with Gasteiger partial charge in [0.05, 0.1) is 0 Å². The molecule has 0 bridgehead atoms. The van der Waals surface area contributed by atoms with Crippen molar-refractivity contribution in [2.75, 3.05) is 25.5 Å². The molecule has 0 aromatic carbocycles. The summed E-state index contributed by atoms with van der Waals surface area (Å²) < 4.78 is 38.7. The van der Waals surface area contributed by atoms with Crippen molar-refractivity contribution in [1.82, 2.24) is 10.3 Å². The molecule has 4 nitrogen and oxygen atoms in total. The lowest BCUT2D eigenvalue weighted by atomic mass is 10.3. The van der Waals surface area contributed by atoms with E-state index in [1.165, 1.54) is 19.0 Å². The normalized spacial score (nSPS) is 10.2. The van der Waals surface area contributed by atoms with Crippen molar-refractivity contribution in [2.24, 2.45) is 0 Å². The van der Waals surface area contributed by atoms with Crippen LogP contribution in [0.15, 0.2) is 6.07 Å². The van der Waals surface area contributed by atoms with Gasteiger partial charge >= 0.3 is 0 Å². The Morgan fingerprint density at radius 3 is 2.65 bits per heavy atom. The van der Waals surface area contributed by atoms with Gasteiger partial charge in [-0.05, 0) is 0 Å². The molecule has 0 atom stereocenters. The molecule has 7 heteroatoms. The van der Waals surface area contributed by atoms with Gasteiger partial charge in [0.25, 0.3) is 5.95 Å². The molecule has 0 spiro atoms. The number of rotatable bonds is 4. The van der Waals surface area contributed by atoms with Crippen LogP contribution >= 0.6 is 0 Å². The van der Waals surface area contributed by atoms with Crippen molar-refractivity contribution in [3.8, 4) is 0 Å². The summed E-state index contributed by atoms with van der Waals surface area (Å²) in [6.45, 7) is 0.147. The largest absolute Gasteiger partial charge is 0.359 e. The van der Waals surface area contributed by atoms with Crippen LogP contribution < -0.4 is 10.2 Å². The fourth-order valence-corrected chi connectivity index (χ4v) is 1.20. The lowest BCUT2D eigenvalue weighted by Crippen LogP contribution is -2.27. The van der Waals surface area contributed by atoms with E-state index in [1.807, 2.05) is 0 Å². The van der Waals surface area contributed by atoms with Crippen molar-refractivity contribution >= 4 is 11.7 Å². The Morgan fingerprint density at radius 1 is 1.41 bits per heavy atom. The number of carbonyl (C=O) groups excluding carboxylic acids is 1. The highest BCUT2D eigenvalue weighted by molar-refractivity contribution is 5.76. The molecule has 1 aromatic rings. The molecule has 1 amide bonds. The summed E-state index contributed by atoms with van der Waals surface area (Å²) in [5, 5.41) is 2.39. The molecule has 17 heavy (non-hydrogen) atoms. The third-order valence-electron chi connectivity index (χ3n) is 2.18. The predicted molar refractivity (Wildman–Crippen MR) is 56.1 cm³/mol. The maximum atomic E-state index is 13.3. The number of hydrogen-bond acceptors (Lipinski definition) is 3. The third-order valence-corrected chi connectivity index (χ3v) is 2.18. The number of nitrogens with one attached hydrogen (secondary N) is 1. The molecule has 1 heterocycles. The minimum Gasteiger partial charge on any atom is -0.359 e. The summed E-state index contributed by atoms with van der Waals surface area (Å²) in [6, 6.07) is 0.425. The van der Waals surface area contributed by atoms with Crippen LogP contribution in [0.4, 0.5) is 19.0 Å². The van der Waals surface area contributed by atoms with Crippen molar-refractivity contribution in [3.05, 3.63) is 23.6 Å². The lowest BCUT2D eigenvalue weighted by Gasteiger charge is -2.18. The molecule has 1 N–H and O–H groups in total. The highest BCUT2D eigenvalue weighted by Crippen LogP contribution is 2.17. The van der Waals surface area contributed by atoms with Gasteiger partial charge in [-0.2, -0.15) is 9.37 Å². The zero-order valence-corrected chi connectivity index (χ0v) is 9.43. The molecule has 94 valence electrons. The van der Waals surface area contributed by atoms with Gasteiger partial charge in [-0.15, -0.1) is 0 Å². The Bertz CT molecular complexity index is 426. The van der Waals surface area contributed by atoms with Gasteiger partial charge in [-0.3, -0.25) is 4.79 Å². The zero-order chi connectivity index (χ0) is 13.0. The topological polar surface area (TPSA) is 45.2 Å². The Morgan fingerprint density at radius 2 is 2.06 bits per heavy atom. The number of anilines is 1. The summed E-state index contributed by atoms with van der Waals surface area (Å²) in [5.41, 5.74) is 0. The first-order valence-corrected chi connectivity index (χ1v) is 4.89. The van der Waals surface area contributed by atoms with Crippen LogP contribution in [0.25, 0.3) is 0 Å². The van der Waals surface area contributed by atoms with Gasteiger partial charge in [-0.25, -0.2) is 8.78 Å². The quantitative estimate of drug-likeness (QED) is 0.809. The van der Waals surface area contributed by atoms with E-state index in [-0.39, 0.29) is 24.7 Å². The van der Waals surface area contributed by atoms with Gasteiger partial charge in [0.1, 0.15) is 0 Å². The van der Waals surface area contributed by atoms with Crippen molar-refractivity contribution < 1.29 is 18.0 Å². The van der Waals surface area contributed by atoms with E-state index in [1.54, 1.807) is 0 Å². The van der Waals surface area contributed by atoms with Crippen LogP contribution in [-0.2, 0) is 4.79 Å². The minimum atomic E-state index is -1.37. The summed E-state index contributed by atoms with van der Waals surface area (Å²) in [5.74, 6) is -4.24. The Balaban J connectivity index is 2.78. The summed E-state index contributed by atoms with van der Waals surface area (Å²) >= 11 is 0. The predicted octanol–water partition coefficient (Wildman–Crippen LogP) is 1.07. The van der Waals surface area contributed by atoms with Crippen molar-refractivity contribution in [1.29, 1.82) is 0 Å². The molecular weight excluding hydrogens is 235 g/mol. The molecule has 0 aliphatic heterocycles. The Kier molecular flexibility index (Phi) is 4.30. The standard InChI is InChI=1S/C10H12F3N3O/c1-14-8(17)3-4-16(2)10-7(12)5-6(11)9(13)15-10/h5H,3-4H2,1-2H3,(H,14,17). The smallest absolute Gasteiger partial charge is 0.251 e. The summed E-state index contributed by atoms with van der Waals surface area (Å²) in [6.07, 6.45) is 0.104. The van der Waals surface area contributed by atoms with Crippen LogP contribution in [-0.4, -0.2) is 31.5 Å². The molecule has 1 aromatic heterocycles. The SMILES string of the molecule is CNC(=O)CCN(C)c1nc(F)c(F)cc1F. The van der Waals surface area contributed by atoms with Crippen LogP contribution in [0.2, 0.25) is 0 Å². The molecule has 1 rings (SSSR count). The summed E-state index contributed by atoms with van der Waals surface area (Å²) in [4.78, 5) is 15.4. The van der Waals surface area contributed by atoms with E-state index in [0.717, 1.165) is 0 Å². The van der Waals surface area contributed by atoms with Crippen molar-refractivity contribution in [3.63, 3.8) is 0 Å². The fourth-order valence-electron chi connectivity index (χ4n) is 1.20. The first-order valence-electron chi connectivity index (χ1n) is 4.89. The van der Waals surface area contributed by atoms with Gasteiger partial charge in [-0.1, -0.05) is 0 Å². The highest BCUT2D eigenvalue weighted by Gasteiger charge is 2.15. The van der Waals surface area contributed by atoms with E-state index >= 15 is 0 Å².